The Morgan fingerprint density at radius 1 is 1.06 bits per heavy atom. The van der Waals surface area contributed by atoms with Crippen molar-refractivity contribution < 1.29 is 19.8 Å². The number of anilines is 1. The van der Waals surface area contributed by atoms with Crippen molar-refractivity contribution >= 4 is 17.6 Å². The first-order chi connectivity index (χ1) is 7.41. The number of carbonyl (C=O) groups is 2. The zero-order valence-electron chi connectivity index (χ0n) is 8.75. The average Bonchev–Trinajstić information content (AvgIpc) is 2.20. The summed E-state index contributed by atoms with van der Waals surface area (Å²) in [5.41, 5.74) is 7.51. The fourth-order valence-corrected chi connectivity index (χ4v) is 0.709. The molecule has 0 saturated carbocycles. The zero-order chi connectivity index (χ0) is 12.6. The van der Waals surface area contributed by atoms with Crippen LogP contribution >= 0.6 is 0 Å². The van der Waals surface area contributed by atoms with Gasteiger partial charge in [-0.1, -0.05) is 17.7 Å². The third-order valence-electron chi connectivity index (χ3n) is 1.45. The predicted molar refractivity (Wildman–Crippen MR) is 60.0 cm³/mol. The van der Waals surface area contributed by atoms with Gasteiger partial charge in [-0.15, -0.1) is 0 Å². The molecule has 1 rings (SSSR count). The summed E-state index contributed by atoms with van der Waals surface area (Å²) in [6, 6.07) is 7.79. The van der Waals surface area contributed by atoms with Gasteiger partial charge < -0.3 is 15.9 Å². The Bertz CT molecular complexity index is 344. The minimum absolute atomic E-state index is 0.558. The standard InChI is InChI=1S/C7H9N.C4H4O4/c1-6-2-4-7(8)5-3-6;5-3(6)1-2-4(7)8/h2-5H,8H2,1H3;1-2H,(H,5,6)(H,7,8)/b;2-1-. The smallest absolute Gasteiger partial charge is 0.328 e. The second kappa shape index (κ2) is 7.05. The normalized spacial score (nSPS) is 9.31. The number of carboxylic acid groups (broad SMARTS) is 2. The van der Waals surface area contributed by atoms with Crippen LogP contribution in [0.3, 0.4) is 0 Å². The Kier molecular flexibility index (Phi) is 6.04. The molecule has 0 radical (unpaired) electrons. The minimum atomic E-state index is -1.26. The van der Waals surface area contributed by atoms with Gasteiger partial charge in [0.25, 0.3) is 0 Å². The van der Waals surface area contributed by atoms with Crippen LogP contribution in [0.5, 0.6) is 0 Å². The second-order valence-corrected chi connectivity index (χ2v) is 2.92. The van der Waals surface area contributed by atoms with Gasteiger partial charge in [-0.05, 0) is 19.1 Å². The lowest BCUT2D eigenvalue weighted by Gasteiger charge is -1.90. The van der Waals surface area contributed by atoms with E-state index in [4.69, 9.17) is 15.9 Å². The van der Waals surface area contributed by atoms with Crippen molar-refractivity contribution in [3.63, 3.8) is 0 Å². The number of benzene rings is 1. The number of rotatable bonds is 2. The van der Waals surface area contributed by atoms with Crippen molar-refractivity contribution in [1.29, 1.82) is 0 Å². The summed E-state index contributed by atoms with van der Waals surface area (Å²) in [4.78, 5) is 19.1. The molecule has 0 spiro atoms. The monoisotopic (exact) mass is 223 g/mol. The topological polar surface area (TPSA) is 101 Å². The lowest BCUT2D eigenvalue weighted by atomic mass is 10.2. The Morgan fingerprint density at radius 2 is 1.44 bits per heavy atom. The van der Waals surface area contributed by atoms with Gasteiger partial charge in [-0.3, -0.25) is 0 Å². The number of carboxylic acids is 2. The summed E-state index contributed by atoms with van der Waals surface area (Å²) in [5, 5.41) is 15.6. The van der Waals surface area contributed by atoms with Crippen molar-refractivity contribution in [2.45, 2.75) is 6.92 Å². The van der Waals surface area contributed by atoms with Crippen molar-refractivity contribution in [1.82, 2.24) is 0 Å². The molecule has 4 N–H and O–H groups in total. The van der Waals surface area contributed by atoms with E-state index in [-0.39, 0.29) is 0 Å². The third-order valence-corrected chi connectivity index (χ3v) is 1.45. The fraction of sp³-hybridized carbons (Fsp3) is 0.0909. The third kappa shape index (κ3) is 8.31. The number of aryl methyl sites for hydroxylation is 1. The van der Waals surface area contributed by atoms with Gasteiger partial charge in [-0.2, -0.15) is 0 Å². The van der Waals surface area contributed by atoms with Crippen LogP contribution in [-0.2, 0) is 9.59 Å². The molecular formula is C11H13NO4. The highest BCUT2D eigenvalue weighted by molar-refractivity contribution is 5.89. The molecule has 1 aromatic rings. The number of hydrogen-bond acceptors (Lipinski definition) is 3. The Hall–Kier alpha value is -2.30. The molecule has 5 heteroatoms. The minimum Gasteiger partial charge on any atom is -0.478 e. The molecule has 5 nitrogen and oxygen atoms in total. The number of nitrogen functional groups attached to an aromatic ring is 1. The van der Waals surface area contributed by atoms with E-state index in [0.717, 1.165) is 5.69 Å². The molecular weight excluding hydrogens is 210 g/mol. The first-order valence-corrected chi connectivity index (χ1v) is 4.38. The molecule has 0 bridgehead atoms. The number of aliphatic carboxylic acids is 2. The highest BCUT2D eigenvalue weighted by atomic mass is 16.4. The lowest BCUT2D eigenvalue weighted by Crippen LogP contribution is -1.91. The van der Waals surface area contributed by atoms with Crippen LogP contribution in [-0.4, -0.2) is 22.2 Å². The summed E-state index contributed by atoms with van der Waals surface area (Å²) >= 11 is 0. The van der Waals surface area contributed by atoms with E-state index in [2.05, 4.69) is 0 Å². The van der Waals surface area contributed by atoms with Crippen LogP contribution in [0.15, 0.2) is 36.4 Å². The molecule has 0 aromatic heterocycles. The summed E-state index contributed by atoms with van der Waals surface area (Å²) in [6.07, 6.45) is 1.12. The highest BCUT2D eigenvalue weighted by Crippen LogP contribution is 2.02. The molecule has 1 aromatic carbocycles. The largest absolute Gasteiger partial charge is 0.478 e. The average molecular weight is 223 g/mol. The van der Waals surface area contributed by atoms with E-state index >= 15 is 0 Å². The first-order valence-electron chi connectivity index (χ1n) is 4.38. The lowest BCUT2D eigenvalue weighted by molar-refractivity contribution is -0.134. The maximum atomic E-state index is 9.55. The van der Waals surface area contributed by atoms with Gasteiger partial charge in [0.1, 0.15) is 0 Å². The van der Waals surface area contributed by atoms with Gasteiger partial charge in [0, 0.05) is 17.8 Å². The maximum Gasteiger partial charge on any atom is 0.328 e. The van der Waals surface area contributed by atoms with Crippen molar-refractivity contribution in [3.05, 3.63) is 42.0 Å². The maximum absolute atomic E-state index is 9.55. The van der Waals surface area contributed by atoms with Gasteiger partial charge in [-0.25, -0.2) is 9.59 Å². The molecule has 0 saturated heterocycles. The molecule has 0 fully saturated rings. The Balaban J connectivity index is 0.000000281. The quantitative estimate of drug-likeness (QED) is 0.518. The zero-order valence-corrected chi connectivity index (χ0v) is 8.75. The Labute approximate surface area is 92.8 Å². The molecule has 86 valence electrons. The van der Waals surface area contributed by atoms with E-state index in [9.17, 15) is 9.59 Å². The van der Waals surface area contributed by atoms with E-state index < -0.39 is 11.9 Å². The van der Waals surface area contributed by atoms with Gasteiger partial charge in [0.2, 0.25) is 0 Å². The number of hydrogen-bond donors (Lipinski definition) is 3. The van der Waals surface area contributed by atoms with Gasteiger partial charge in [0.05, 0.1) is 0 Å². The molecule has 0 amide bonds. The van der Waals surface area contributed by atoms with E-state index in [1.54, 1.807) is 0 Å². The van der Waals surface area contributed by atoms with Crippen molar-refractivity contribution in [2.24, 2.45) is 0 Å². The summed E-state index contributed by atoms with van der Waals surface area (Å²) in [7, 11) is 0. The van der Waals surface area contributed by atoms with Crippen LogP contribution in [0.2, 0.25) is 0 Å². The van der Waals surface area contributed by atoms with Gasteiger partial charge >= 0.3 is 11.9 Å². The Morgan fingerprint density at radius 3 is 1.69 bits per heavy atom. The van der Waals surface area contributed by atoms with Crippen LogP contribution in [0.1, 0.15) is 5.56 Å². The molecule has 0 atom stereocenters. The summed E-state index contributed by atoms with van der Waals surface area (Å²) < 4.78 is 0. The van der Waals surface area contributed by atoms with E-state index in [1.807, 2.05) is 31.2 Å². The van der Waals surface area contributed by atoms with Crippen molar-refractivity contribution in [2.75, 3.05) is 5.73 Å². The van der Waals surface area contributed by atoms with E-state index in [0.29, 0.717) is 12.2 Å². The first kappa shape index (κ1) is 13.7. The fourth-order valence-electron chi connectivity index (χ4n) is 0.709. The second-order valence-electron chi connectivity index (χ2n) is 2.92. The molecule has 0 aliphatic rings. The van der Waals surface area contributed by atoms with Crippen LogP contribution in [0.25, 0.3) is 0 Å². The molecule has 0 aliphatic carbocycles. The predicted octanol–water partition coefficient (Wildman–Crippen LogP) is 1.29. The number of nitrogens with two attached hydrogens (primary N) is 1. The van der Waals surface area contributed by atoms with Crippen LogP contribution in [0, 0.1) is 6.92 Å². The summed E-state index contributed by atoms with van der Waals surface area (Å²) in [6.45, 7) is 2.04. The van der Waals surface area contributed by atoms with Crippen LogP contribution in [0.4, 0.5) is 5.69 Å². The van der Waals surface area contributed by atoms with Crippen molar-refractivity contribution in [3.8, 4) is 0 Å². The van der Waals surface area contributed by atoms with Crippen LogP contribution < -0.4 is 5.73 Å². The highest BCUT2D eigenvalue weighted by Gasteiger charge is 1.88. The van der Waals surface area contributed by atoms with Gasteiger partial charge in [0.15, 0.2) is 0 Å². The summed E-state index contributed by atoms with van der Waals surface area (Å²) in [5.74, 6) is -2.51. The molecule has 0 heterocycles. The SMILES string of the molecule is Cc1ccc(N)cc1.O=C(O)/C=C\C(=O)O. The molecule has 16 heavy (non-hydrogen) atoms. The van der Waals surface area contributed by atoms with E-state index in [1.165, 1.54) is 5.56 Å². The molecule has 0 unspecified atom stereocenters. The molecule has 0 aliphatic heterocycles.